The molecule has 1 aromatic carbocycles. The van der Waals surface area contributed by atoms with E-state index in [1.807, 2.05) is 0 Å². The van der Waals surface area contributed by atoms with Crippen molar-refractivity contribution in [2.75, 3.05) is 13.6 Å². The van der Waals surface area contributed by atoms with Crippen molar-refractivity contribution < 1.29 is 19.5 Å². The SMILES string of the molecule is CNC(=O)c1cccc(C(=O)NCCCCCCCC(=O)O)c1. The first kappa shape index (κ1) is 18.7. The highest BCUT2D eigenvalue weighted by atomic mass is 16.4. The fourth-order valence-electron chi connectivity index (χ4n) is 2.18. The molecule has 0 radical (unpaired) electrons. The molecule has 0 aliphatic heterocycles. The molecule has 2 amide bonds. The minimum Gasteiger partial charge on any atom is -0.481 e. The molecule has 23 heavy (non-hydrogen) atoms. The minimum absolute atomic E-state index is 0.193. The maximum absolute atomic E-state index is 12.0. The van der Waals surface area contributed by atoms with Crippen LogP contribution in [0.2, 0.25) is 0 Å². The van der Waals surface area contributed by atoms with E-state index in [4.69, 9.17) is 5.11 Å². The molecule has 0 atom stereocenters. The molecule has 0 aliphatic carbocycles. The zero-order valence-corrected chi connectivity index (χ0v) is 13.4. The monoisotopic (exact) mass is 320 g/mol. The number of nitrogens with one attached hydrogen (secondary N) is 2. The first-order chi connectivity index (χ1) is 11.0. The summed E-state index contributed by atoms with van der Waals surface area (Å²) in [6, 6.07) is 6.59. The lowest BCUT2D eigenvalue weighted by atomic mass is 10.1. The third-order valence-electron chi connectivity index (χ3n) is 3.47. The largest absolute Gasteiger partial charge is 0.481 e. The van der Waals surface area contributed by atoms with Gasteiger partial charge in [-0.1, -0.05) is 25.3 Å². The van der Waals surface area contributed by atoms with E-state index in [1.165, 1.54) is 0 Å². The zero-order valence-electron chi connectivity index (χ0n) is 13.4. The van der Waals surface area contributed by atoms with Crippen LogP contribution in [0.1, 0.15) is 59.2 Å². The quantitative estimate of drug-likeness (QED) is 0.576. The Hall–Kier alpha value is -2.37. The first-order valence-electron chi connectivity index (χ1n) is 7.86. The first-order valence-corrected chi connectivity index (χ1v) is 7.86. The van der Waals surface area contributed by atoms with Crippen molar-refractivity contribution in [3.8, 4) is 0 Å². The summed E-state index contributed by atoms with van der Waals surface area (Å²) in [6.45, 7) is 0.571. The number of carboxylic acid groups (broad SMARTS) is 1. The molecule has 6 heteroatoms. The van der Waals surface area contributed by atoms with Gasteiger partial charge in [0.05, 0.1) is 0 Å². The fourth-order valence-corrected chi connectivity index (χ4v) is 2.18. The summed E-state index contributed by atoms with van der Waals surface area (Å²) in [5, 5.41) is 13.9. The van der Waals surface area contributed by atoms with Gasteiger partial charge < -0.3 is 15.7 Å². The second-order valence-corrected chi connectivity index (χ2v) is 5.33. The Bertz CT molecular complexity index is 543. The molecule has 6 nitrogen and oxygen atoms in total. The van der Waals surface area contributed by atoms with Gasteiger partial charge in [-0.2, -0.15) is 0 Å². The lowest BCUT2D eigenvalue weighted by molar-refractivity contribution is -0.137. The number of rotatable bonds is 10. The van der Waals surface area contributed by atoms with E-state index < -0.39 is 5.97 Å². The number of carboxylic acids is 1. The summed E-state index contributed by atoms with van der Waals surface area (Å²) >= 11 is 0. The van der Waals surface area contributed by atoms with Gasteiger partial charge in [-0.25, -0.2) is 0 Å². The average Bonchev–Trinajstić information content (AvgIpc) is 2.56. The summed E-state index contributed by atoms with van der Waals surface area (Å²) in [7, 11) is 1.55. The molecule has 0 aromatic heterocycles. The third-order valence-corrected chi connectivity index (χ3v) is 3.47. The van der Waals surface area contributed by atoms with Crippen LogP contribution in [-0.2, 0) is 4.79 Å². The molecule has 0 aliphatic rings. The van der Waals surface area contributed by atoms with Gasteiger partial charge in [0.2, 0.25) is 0 Å². The summed E-state index contributed by atoms with van der Waals surface area (Å²) in [4.78, 5) is 33.9. The maximum Gasteiger partial charge on any atom is 0.303 e. The van der Waals surface area contributed by atoms with Crippen LogP contribution in [0.3, 0.4) is 0 Å². The highest BCUT2D eigenvalue weighted by molar-refractivity contribution is 5.99. The van der Waals surface area contributed by atoms with Gasteiger partial charge in [-0.3, -0.25) is 14.4 Å². The van der Waals surface area contributed by atoms with Gasteiger partial charge in [-0.05, 0) is 31.0 Å². The Morgan fingerprint density at radius 3 is 2.22 bits per heavy atom. The molecule has 0 unspecified atom stereocenters. The van der Waals surface area contributed by atoms with Gasteiger partial charge >= 0.3 is 5.97 Å². The summed E-state index contributed by atoms with van der Waals surface area (Å²) < 4.78 is 0. The van der Waals surface area contributed by atoms with Gasteiger partial charge in [0, 0.05) is 31.1 Å². The van der Waals surface area contributed by atoms with E-state index in [0.717, 1.165) is 25.7 Å². The van der Waals surface area contributed by atoms with Gasteiger partial charge in [0.1, 0.15) is 0 Å². The van der Waals surface area contributed by atoms with E-state index in [1.54, 1.807) is 31.3 Å². The fraction of sp³-hybridized carbons (Fsp3) is 0.471. The van der Waals surface area contributed by atoms with Crippen LogP contribution < -0.4 is 10.6 Å². The lowest BCUT2D eigenvalue weighted by Gasteiger charge is -2.07. The standard InChI is InChI=1S/C17H24N2O4/c1-18-16(22)13-8-7-9-14(12-13)17(23)19-11-6-4-2-3-5-10-15(20)21/h7-9,12H,2-6,10-11H2,1H3,(H,18,22)(H,19,23)(H,20,21). The Morgan fingerprint density at radius 1 is 0.957 bits per heavy atom. The molecule has 0 saturated heterocycles. The number of carbonyl (C=O) groups is 3. The Kier molecular flexibility index (Phi) is 8.42. The number of hydrogen-bond donors (Lipinski definition) is 3. The van der Waals surface area contributed by atoms with E-state index in [-0.39, 0.29) is 18.2 Å². The molecule has 3 N–H and O–H groups in total. The van der Waals surface area contributed by atoms with Crippen LogP contribution >= 0.6 is 0 Å². The summed E-state index contributed by atoms with van der Waals surface area (Å²) in [6.07, 6.45) is 4.60. The number of aliphatic carboxylic acids is 1. The van der Waals surface area contributed by atoms with E-state index in [2.05, 4.69) is 10.6 Å². The second-order valence-electron chi connectivity index (χ2n) is 5.33. The Balaban J connectivity index is 2.24. The molecule has 0 heterocycles. The number of hydrogen-bond acceptors (Lipinski definition) is 3. The Labute approximate surface area is 136 Å². The van der Waals surface area contributed by atoms with E-state index in [9.17, 15) is 14.4 Å². The zero-order chi connectivity index (χ0) is 17.1. The highest BCUT2D eigenvalue weighted by Gasteiger charge is 2.08. The van der Waals surface area contributed by atoms with Gasteiger partial charge in [-0.15, -0.1) is 0 Å². The smallest absolute Gasteiger partial charge is 0.303 e. The van der Waals surface area contributed by atoms with Gasteiger partial charge in [0.15, 0.2) is 0 Å². The maximum atomic E-state index is 12.0. The van der Waals surface area contributed by atoms with Crippen molar-refractivity contribution in [1.29, 1.82) is 0 Å². The summed E-state index contributed by atoms with van der Waals surface area (Å²) in [5.41, 5.74) is 0.922. The predicted molar refractivity (Wildman–Crippen MR) is 87.5 cm³/mol. The third kappa shape index (κ3) is 7.44. The van der Waals surface area contributed by atoms with Crippen LogP contribution in [-0.4, -0.2) is 36.5 Å². The molecule has 1 rings (SSSR count). The molecular formula is C17H24N2O4. The molecular weight excluding hydrogens is 296 g/mol. The number of amides is 2. The van der Waals surface area contributed by atoms with E-state index in [0.29, 0.717) is 24.1 Å². The topological polar surface area (TPSA) is 95.5 Å². The number of benzene rings is 1. The molecule has 0 fully saturated rings. The van der Waals surface area contributed by atoms with Crippen molar-refractivity contribution in [1.82, 2.24) is 10.6 Å². The van der Waals surface area contributed by atoms with Crippen molar-refractivity contribution in [3.05, 3.63) is 35.4 Å². The van der Waals surface area contributed by atoms with Crippen LogP contribution in [0.4, 0.5) is 0 Å². The molecule has 126 valence electrons. The predicted octanol–water partition coefficient (Wildman–Crippen LogP) is 2.20. The molecule has 1 aromatic rings. The van der Waals surface area contributed by atoms with Crippen LogP contribution in [0.25, 0.3) is 0 Å². The molecule has 0 bridgehead atoms. The second kappa shape index (κ2) is 10.4. The van der Waals surface area contributed by atoms with Crippen molar-refractivity contribution in [2.24, 2.45) is 0 Å². The minimum atomic E-state index is -0.753. The van der Waals surface area contributed by atoms with Gasteiger partial charge in [0.25, 0.3) is 11.8 Å². The van der Waals surface area contributed by atoms with Crippen molar-refractivity contribution >= 4 is 17.8 Å². The number of carbonyl (C=O) groups excluding carboxylic acids is 2. The van der Waals surface area contributed by atoms with Crippen molar-refractivity contribution in [2.45, 2.75) is 38.5 Å². The van der Waals surface area contributed by atoms with Crippen LogP contribution in [0.15, 0.2) is 24.3 Å². The normalized spacial score (nSPS) is 10.1. The average molecular weight is 320 g/mol. The number of unbranched alkanes of at least 4 members (excludes halogenated alkanes) is 4. The summed E-state index contributed by atoms with van der Waals surface area (Å²) in [5.74, 6) is -1.17. The highest BCUT2D eigenvalue weighted by Crippen LogP contribution is 2.07. The van der Waals surface area contributed by atoms with Crippen LogP contribution in [0.5, 0.6) is 0 Å². The van der Waals surface area contributed by atoms with E-state index >= 15 is 0 Å². The molecule has 0 spiro atoms. The molecule has 0 saturated carbocycles. The van der Waals surface area contributed by atoms with Crippen molar-refractivity contribution in [3.63, 3.8) is 0 Å². The Morgan fingerprint density at radius 2 is 1.57 bits per heavy atom. The lowest BCUT2D eigenvalue weighted by Crippen LogP contribution is -2.25. The van der Waals surface area contributed by atoms with Crippen LogP contribution in [0, 0.1) is 0 Å².